The molecule has 0 spiro atoms. The van der Waals surface area contributed by atoms with Crippen LogP contribution in [0.3, 0.4) is 0 Å². The second-order valence-electron chi connectivity index (χ2n) is 5.95. The summed E-state index contributed by atoms with van der Waals surface area (Å²) in [6.45, 7) is -0.398. The Morgan fingerprint density at radius 1 is 1.07 bits per heavy atom. The number of hydrogen-bond acceptors (Lipinski definition) is 5. The van der Waals surface area contributed by atoms with Crippen LogP contribution in [0.2, 0.25) is 0 Å². The van der Waals surface area contributed by atoms with Crippen molar-refractivity contribution in [1.29, 1.82) is 0 Å². The maximum absolute atomic E-state index is 12.1. The van der Waals surface area contributed by atoms with E-state index >= 15 is 0 Å². The fourth-order valence-electron chi connectivity index (χ4n) is 2.67. The van der Waals surface area contributed by atoms with Gasteiger partial charge in [-0.05, 0) is 35.2 Å². The fraction of sp³-hybridized carbons (Fsp3) is 0.0909. The number of ether oxygens (including phenoxy) is 2. The minimum atomic E-state index is -0.653. The highest BCUT2D eigenvalue weighted by Crippen LogP contribution is 2.26. The lowest BCUT2D eigenvalue weighted by molar-refractivity contribution is -0.142. The van der Waals surface area contributed by atoms with Gasteiger partial charge in [0.2, 0.25) is 0 Å². The topological polar surface area (TPSA) is 84.9 Å². The summed E-state index contributed by atoms with van der Waals surface area (Å²) in [5, 5.41) is 14.2. The summed E-state index contributed by atoms with van der Waals surface area (Å²) in [6, 6.07) is 17.9. The third kappa shape index (κ3) is 4.67. The zero-order valence-electron chi connectivity index (χ0n) is 15.2. The van der Waals surface area contributed by atoms with Crippen LogP contribution < -0.4 is 10.1 Å². The first kappa shape index (κ1) is 19.0. The van der Waals surface area contributed by atoms with Crippen molar-refractivity contribution in [2.24, 2.45) is 0 Å². The Kier molecular flexibility index (Phi) is 5.91. The van der Waals surface area contributed by atoms with Crippen molar-refractivity contribution in [1.82, 2.24) is 0 Å². The molecule has 3 aromatic rings. The van der Waals surface area contributed by atoms with Crippen molar-refractivity contribution >= 4 is 34.4 Å². The van der Waals surface area contributed by atoms with Gasteiger partial charge in [0.05, 0.1) is 7.11 Å². The molecule has 1 amide bonds. The van der Waals surface area contributed by atoms with Gasteiger partial charge in [0, 0.05) is 17.1 Å². The Morgan fingerprint density at radius 3 is 2.68 bits per heavy atom. The molecule has 0 atom stereocenters. The minimum absolute atomic E-state index is 0.00679. The predicted octanol–water partition coefficient (Wildman–Crippen LogP) is 3.75. The summed E-state index contributed by atoms with van der Waals surface area (Å²) in [5.74, 6) is -0.776. The molecule has 2 N–H and O–H groups in total. The molecule has 0 aliphatic carbocycles. The molecule has 0 saturated heterocycles. The molecule has 28 heavy (non-hydrogen) atoms. The number of anilines is 1. The molecule has 0 heterocycles. The van der Waals surface area contributed by atoms with Crippen LogP contribution in [0, 0.1) is 0 Å². The van der Waals surface area contributed by atoms with Crippen molar-refractivity contribution < 1.29 is 24.2 Å². The Balaban J connectivity index is 1.56. The molecule has 3 aromatic carbocycles. The summed E-state index contributed by atoms with van der Waals surface area (Å²) in [6.07, 6.45) is 2.71. The van der Waals surface area contributed by atoms with Crippen LogP contribution in [0.5, 0.6) is 11.5 Å². The molecule has 0 radical (unpaired) electrons. The molecule has 0 aliphatic heterocycles. The van der Waals surface area contributed by atoms with Gasteiger partial charge in [-0.25, -0.2) is 4.79 Å². The summed E-state index contributed by atoms with van der Waals surface area (Å²) < 4.78 is 9.98. The molecule has 0 unspecified atom stereocenters. The normalized spacial score (nSPS) is 10.8. The van der Waals surface area contributed by atoms with Gasteiger partial charge in [-0.15, -0.1) is 0 Å². The van der Waals surface area contributed by atoms with Crippen molar-refractivity contribution in [3.05, 3.63) is 72.3 Å². The van der Waals surface area contributed by atoms with Crippen LogP contribution in [-0.4, -0.2) is 30.7 Å². The molecule has 6 nitrogen and oxygen atoms in total. The number of esters is 1. The fourth-order valence-corrected chi connectivity index (χ4v) is 2.67. The molecule has 0 fully saturated rings. The molecule has 142 valence electrons. The van der Waals surface area contributed by atoms with Crippen molar-refractivity contribution in [3.8, 4) is 11.5 Å². The average molecular weight is 377 g/mol. The molecule has 6 heteroatoms. The first-order valence-electron chi connectivity index (χ1n) is 8.56. The van der Waals surface area contributed by atoms with E-state index in [1.807, 2.05) is 36.4 Å². The number of carbonyl (C=O) groups is 2. The van der Waals surface area contributed by atoms with E-state index in [0.717, 1.165) is 10.8 Å². The van der Waals surface area contributed by atoms with E-state index in [4.69, 9.17) is 9.47 Å². The lowest BCUT2D eigenvalue weighted by atomic mass is 10.1. The quantitative estimate of drug-likeness (QED) is 0.505. The Morgan fingerprint density at radius 2 is 1.86 bits per heavy atom. The van der Waals surface area contributed by atoms with Gasteiger partial charge >= 0.3 is 5.97 Å². The second kappa shape index (κ2) is 8.73. The number of benzene rings is 3. The number of fused-ring (bicyclic) bond motifs is 1. The highest BCUT2D eigenvalue weighted by atomic mass is 16.5. The highest BCUT2D eigenvalue weighted by Gasteiger charge is 2.08. The molecule has 0 aromatic heterocycles. The number of phenolic OH excluding ortho intramolecular Hbond substituents is 1. The maximum Gasteiger partial charge on any atom is 0.331 e. The van der Waals surface area contributed by atoms with Crippen LogP contribution in [0.25, 0.3) is 16.8 Å². The van der Waals surface area contributed by atoms with E-state index in [-0.39, 0.29) is 5.75 Å². The van der Waals surface area contributed by atoms with Crippen molar-refractivity contribution in [2.45, 2.75) is 0 Å². The van der Waals surface area contributed by atoms with Gasteiger partial charge in [-0.3, -0.25) is 4.79 Å². The number of phenols is 1. The van der Waals surface area contributed by atoms with E-state index in [9.17, 15) is 14.7 Å². The third-order valence-corrected chi connectivity index (χ3v) is 4.02. The van der Waals surface area contributed by atoms with Crippen LogP contribution >= 0.6 is 0 Å². The average Bonchev–Trinajstić information content (AvgIpc) is 2.72. The van der Waals surface area contributed by atoms with Gasteiger partial charge in [-0.1, -0.05) is 42.5 Å². The van der Waals surface area contributed by atoms with E-state index in [0.29, 0.717) is 17.0 Å². The van der Waals surface area contributed by atoms with Crippen LogP contribution in [0.15, 0.2) is 66.7 Å². The van der Waals surface area contributed by atoms with Crippen molar-refractivity contribution in [3.63, 3.8) is 0 Å². The minimum Gasteiger partial charge on any atom is -0.504 e. The summed E-state index contributed by atoms with van der Waals surface area (Å²) in [4.78, 5) is 23.9. The Bertz CT molecular complexity index is 1040. The first-order chi connectivity index (χ1) is 13.6. The van der Waals surface area contributed by atoms with Gasteiger partial charge < -0.3 is 19.9 Å². The number of methoxy groups -OCH3 is 1. The number of nitrogens with one attached hydrogen (secondary N) is 1. The van der Waals surface area contributed by atoms with Crippen LogP contribution in [0.1, 0.15) is 5.56 Å². The van der Waals surface area contributed by atoms with Gasteiger partial charge in [0.25, 0.3) is 5.91 Å². The summed E-state index contributed by atoms with van der Waals surface area (Å²) in [5.41, 5.74) is 1.30. The van der Waals surface area contributed by atoms with Gasteiger partial charge in [0.1, 0.15) is 0 Å². The van der Waals surface area contributed by atoms with E-state index < -0.39 is 18.5 Å². The number of hydrogen-bond donors (Lipinski definition) is 2. The number of rotatable bonds is 6. The molecular formula is C22H19NO5. The highest BCUT2D eigenvalue weighted by molar-refractivity contribution is 6.03. The van der Waals surface area contributed by atoms with E-state index in [2.05, 4.69) is 5.32 Å². The Hall–Kier alpha value is -3.80. The predicted molar refractivity (Wildman–Crippen MR) is 107 cm³/mol. The van der Waals surface area contributed by atoms with Crippen molar-refractivity contribution in [2.75, 3.05) is 19.0 Å². The molecule has 0 aliphatic rings. The first-order valence-corrected chi connectivity index (χ1v) is 8.56. The monoisotopic (exact) mass is 377 g/mol. The number of aromatic hydroxyl groups is 1. The number of amides is 1. The molecular weight excluding hydrogens is 358 g/mol. The number of carbonyl (C=O) groups excluding carboxylic acids is 2. The molecule has 3 rings (SSSR count). The zero-order valence-corrected chi connectivity index (χ0v) is 15.2. The molecule has 0 saturated carbocycles. The second-order valence-corrected chi connectivity index (χ2v) is 5.95. The largest absolute Gasteiger partial charge is 0.504 e. The van der Waals surface area contributed by atoms with Gasteiger partial charge in [0.15, 0.2) is 18.1 Å². The van der Waals surface area contributed by atoms with E-state index in [1.54, 1.807) is 18.2 Å². The molecule has 0 bridgehead atoms. The zero-order chi connectivity index (χ0) is 19.9. The summed E-state index contributed by atoms with van der Waals surface area (Å²) in [7, 11) is 1.44. The third-order valence-electron chi connectivity index (χ3n) is 4.02. The standard InChI is InChI=1S/C22H19NO5/c1-27-20-13-15(9-11-19(20)24)10-12-22(26)28-14-21(25)23-18-8-4-6-16-5-2-3-7-17(16)18/h2-13,24H,14H2,1H3,(H,23,25). The van der Waals surface area contributed by atoms with E-state index in [1.165, 1.54) is 25.3 Å². The van der Waals surface area contributed by atoms with Gasteiger partial charge in [-0.2, -0.15) is 0 Å². The Labute approximate surface area is 162 Å². The van der Waals surface area contributed by atoms with Crippen LogP contribution in [-0.2, 0) is 14.3 Å². The smallest absolute Gasteiger partial charge is 0.331 e. The lowest BCUT2D eigenvalue weighted by Crippen LogP contribution is -2.20. The lowest BCUT2D eigenvalue weighted by Gasteiger charge is -2.08. The maximum atomic E-state index is 12.1. The summed E-state index contributed by atoms with van der Waals surface area (Å²) >= 11 is 0. The van der Waals surface area contributed by atoms with Crippen LogP contribution in [0.4, 0.5) is 5.69 Å². The SMILES string of the molecule is COc1cc(C=CC(=O)OCC(=O)Nc2cccc3ccccc23)ccc1O.